The van der Waals surface area contributed by atoms with Crippen LogP contribution in [-0.4, -0.2) is 39.8 Å². The Hall–Kier alpha value is -0.770. The zero-order chi connectivity index (χ0) is 10.6. The van der Waals surface area contributed by atoms with Gasteiger partial charge in [0.15, 0.2) is 5.96 Å². The average molecular weight is 201 g/mol. The van der Waals surface area contributed by atoms with E-state index in [1.165, 1.54) is 6.42 Å². The fourth-order valence-electron chi connectivity index (χ4n) is 1.01. The summed E-state index contributed by atoms with van der Waals surface area (Å²) in [5.74, 6) is 0.832. The van der Waals surface area contributed by atoms with Crippen LogP contribution >= 0.6 is 0 Å². The van der Waals surface area contributed by atoms with Gasteiger partial charge in [-0.3, -0.25) is 4.99 Å². The highest BCUT2D eigenvalue weighted by molar-refractivity contribution is 5.79. The molecule has 0 unspecified atom stereocenters. The first-order chi connectivity index (χ1) is 6.85. The van der Waals surface area contributed by atoms with Gasteiger partial charge in [0, 0.05) is 33.9 Å². The van der Waals surface area contributed by atoms with Gasteiger partial charge in [-0.25, -0.2) is 0 Å². The van der Waals surface area contributed by atoms with E-state index in [1.54, 1.807) is 7.05 Å². The van der Waals surface area contributed by atoms with Crippen LogP contribution in [0.25, 0.3) is 0 Å². The standard InChI is InChI=1S/C10H23N3O/c1-4-5-8-14-9-6-7-13-10(11-2)12-3/h4-9H2,1-3H3,(H2,11,12,13). The maximum absolute atomic E-state index is 5.42. The molecule has 0 heterocycles. The molecule has 0 amide bonds. The van der Waals surface area contributed by atoms with Gasteiger partial charge in [-0.15, -0.1) is 0 Å². The van der Waals surface area contributed by atoms with Crippen LogP contribution in [0.2, 0.25) is 0 Å². The summed E-state index contributed by atoms with van der Waals surface area (Å²) in [6.45, 7) is 4.78. The minimum Gasteiger partial charge on any atom is -0.381 e. The van der Waals surface area contributed by atoms with Gasteiger partial charge in [-0.1, -0.05) is 13.3 Å². The second kappa shape index (κ2) is 10.3. The molecular formula is C10H23N3O. The fourth-order valence-corrected chi connectivity index (χ4v) is 1.01. The van der Waals surface area contributed by atoms with Gasteiger partial charge in [0.1, 0.15) is 0 Å². The van der Waals surface area contributed by atoms with Crippen LogP contribution in [0.5, 0.6) is 0 Å². The van der Waals surface area contributed by atoms with Crippen molar-refractivity contribution in [1.29, 1.82) is 0 Å². The molecule has 2 N–H and O–H groups in total. The summed E-state index contributed by atoms with van der Waals surface area (Å²) >= 11 is 0. The van der Waals surface area contributed by atoms with E-state index in [-0.39, 0.29) is 0 Å². The number of rotatable bonds is 7. The number of guanidine groups is 1. The predicted molar refractivity (Wildman–Crippen MR) is 60.8 cm³/mol. The lowest BCUT2D eigenvalue weighted by atomic mass is 10.4. The molecule has 0 spiro atoms. The topological polar surface area (TPSA) is 45.6 Å². The largest absolute Gasteiger partial charge is 0.381 e. The number of nitrogens with one attached hydrogen (secondary N) is 2. The maximum Gasteiger partial charge on any atom is 0.190 e. The van der Waals surface area contributed by atoms with Crippen LogP contribution in [0.3, 0.4) is 0 Å². The number of nitrogens with zero attached hydrogens (tertiary/aromatic N) is 1. The first-order valence-corrected chi connectivity index (χ1v) is 5.31. The van der Waals surface area contributed by atoms with E-state index >= 15 is 0 Å². The molecule has 4 nitrogen and oxygen atoms in total. The Morgan fingerprint density at radius 2 is 2.00 bits per heavy atom. The summed E-state index contributed by atoms with van der Waals surface area (Å²) < 4.78 is 5.42. The molecule has 0 rings (SSSR count). The molecule has 0 saturated heterocycles. The van der Waals surface area contributed by atoms with Gasteiger partial charge in [0.05, 0.1) is 0 Å². The third kappa shape index (κ3) is 7.86. The lowest BCUT2D eigenvalue weighted by Crippen LogP contribution is -2.35. The van der Waals surface area contributed by atoms with Gasteiger partial charge in [0.25, 0.3) is 0 Å². The predicted octanol–water partition coefficient (Wildman–Crippen LogP) is 0.988. The number of ether oxygens (including phenoxy) is 1. The van der Waals surface area contributed by atoms with E-state index in [1.807, 2.05) is 7.05 Å². The molecule has 0 saturated carbocycles. The highest BCUT2D eigenvalue weighted by Crippen LogP contribution is 1.88. The molecule has 0 bridgehead atoms. The third-order valence-electron chi connectivity index (χ3n) is 1.86. The Morgan fingerprint density at radius 3 is 2.57 bits per heavy atom. The highest BCUT2D eigenvalue weighted by Gasteiger charge is 1.92. The van der Waals surface area contributed by atoms with Crippen molar-refractivity contribution in [3.63, 3.8) is 0 Å². The molecule has 4 heteroatoms. The molecule has 0 aromatic heterocycles. The summed E-state index contributed by atoms with van der Waals surface area (Å²) in [5, 5.41) is 6.13. The second-order valence-electron chi connectivity index (χ2n) is 3.07. The van der Waals surface area contributed by atoms with Crippen molar-refractivity contribution < 1.29 is 4.74 Å². The summed E-state index contributed by atoms with van der Waals surface area (Å²) in [5.41, 5.74) is 0. The Morgan fingerprint density at radius 1 is 1.29 bits per heavy atom. The van der Waals surface area contributed by atoms with Crippen molar-refractivity contribution >= 4 is 5.96 Å². The van der Waals surface area contributed by atoms with E-state index in [0.29, 0.717) is 0 Å². The number of unbranched alkanes of at least 4 members (excludes halogenated alkanes) is 1. The molecule has 0 fully saturated rings. The summed E-state index contributed by atoms with van der Waals surface area (Å²) in [7, 11) is 3.61. The Kier molecular flexibility index (Phi) is 9.74. The van der Waals surface area contributed by atoms with Gasteiger partial charge >= 0.3 is 0 Å². The van der Waals surface area contributed by atoms with Crippen LogP contribution in [0.4, 0.5) is 0 Å². The van der Waals surface area contributed by atoms with E-state index in [2.05, 4.69) is 22.5 Å². The molecule has 0 aromatic carbocycles. The minimum absolute atomic E-state index is 0.827. The Balaban J connectivity index is 3.13. The summed E-state index contributed by atoms with van der Waals surface area (Å²) in [4.78, 5) is 4.01. The van der Waals surface area contributed by atoms with Crippen molar-refractivity contribution in [2.75, 3.05) is 33.9 Å². The molecule has 0 aromatic rings. The number of hydrogen-bond donors (Lipinski definition) is 2. The normalized spacial score (nSPS) is 11.5. The minimum atomic E-state index is 0.827. The lowest BCUT2D eigenvalue weighted by Gasteiger charge is -2.08. The molecule has 0 aliphatic rings. The monoisotopic (exact) mass is 201 g/mol. The Labute approximate surface area is 87.1 Å². The Bertz CT molecular complexity index is 148. The summed E-state index contributed by atoms with van der Waals surface area (Å²) in [6, 6.07) is 0. The zero-order valence-electron chi connectivity index (χ0n) is 9.60. The molecule has 84 valence electrons. The quantitative estimate of drug-likeness (QED) is 0.367. The highest BCUT2D eigenvalue weighted by atomic mass is 16.5. The molecule has 14 heavy (non-hydrogen) atoms. The first-order valence-electron chi connectivity index (χ1n) is 5.31. The van der Waals surface area contributed by atoms with E-state index in [0.717, 1.165) is 38.6 Å². The van der Waals surface area contributed by atoms with E-state index in [4.69, 9.17) is 4.74 Å². The van der Waals surface area contributed by atoms with Crippen LogP contribution in [0.1, 0.15) is 26.2 Å². The van der Waals surface area contributed by atoms with Gasteiger partial charge in [-0.2, -0.15) is 0 Å². The van der Waals surface area contributed by atoms with Gasteiger partial charge in [-0.05, 0) is 12.8 Å². The zero-order valence-corrected chi connectivity index (χ0v) is 9.60. The number of hydrogen-bond acceptors (Lipinski definition) is 2. The van der Waals surface area contributed by atoms with Crippen LogP contribution in [0, 0.1) is 0 Å². The van der Waals surface area contributed by atoms with Crippen molar-refractivity contribution in [2.45, 2.75) is 26.2 Å². The second-order valence-corrected chi connectivity index (χ2v) is 3.07. The van der Waals surface area contributed by atoms with Gasteiger partial charge in [0.2, 0.25) is 0 Å². The SMILES string of the molecule is CCCCOCCCNC(=NC)NC. The van der Waals surface area contributed by atoms with Crippen LogP contribution < -0.4 is 10.6 Å². The molecule has 0 aliphatic carbocycles. The van der Waals surface area contributed by atoms with Crippen LogP contribution in [-0.2, 0) is 4.74 Å². The number of aliphatic imine (C=N–C) groups is 1. The van der Waals surface area contributed by atoms with Crippen molar-refractivity contribution in [3.05, 3.63) is 0 Å². The first kappa shape index (κ1) is 13.2. The molecule has 0 atom stereocenters. The van der Waals surface area contributed by atoms with Crippen molar-refractivity contribution in [2.24, 2.45) is 4.99 Å². The van der Waals surface area contributed by atoms with E-state index < -0.39 is 0 Å². The van der Waals surface area contributed by atoms with Crippen molar-refractivity contribution in [1.82, 2.24) is 10.6 Å². The average Bonchev–Trinajstić information content (AvgIpc) is 2.22. The van der Waals surface area contributed by atoms with E-state index in [9.17, 15) is 0 Å². The van der Waals surface area contributed by atoms with Crippen molar-refractivity contribution in [3.8, 4) is 0 Å². The maximum atomic E-state index is 5.42. The molecule has 0 radical (unpaired) electrons. The lowest BCUT2D eigenvalue weighted by molar-refractivity contribution is 0.129. The fraction of sp³-hybridized carbons (Fsp3) is 0.900. The molecule has 0 aliphatic heterocycles. The van der Waals surface area contributed by atoms with Crippen LogP contribution in [0.15, 0.2) is 4.99 Å². The molecular weight excluding hydrogens is 178 g/mol. The van der Waals surface area contributed by atoms with Gasteiger partial charge < -0.3 is 15.4 Å². The summed E-state index contributed by atoms with van der Waals surface area (Å²) in [6.07, 6.45) is 3.38. The third-order valence-corrected chi connectivity index (χ3v) is 1.86. The smallest absolute Gasteiger partial charge is 0.190 e.